The smallest absolute Gasteiger partial charge is 0.370 e. The molecular weight excluding hydrogens is 319 g/mol. The minimum Gasteiger partial charge on any atom is -0.370 e. The molecule has 1 heterocycles. The summed E-state index contributed by atoms with van der Waals surface area (Å²) in [5.41, 5.74) is -0.742. The number of hydrogen-bond donors (Lipinski definition) is 2. The molecular formula is C16H26F3N5. The Labute approximate surface area is 141 Å². The molecule has 1 rings (SSSR count). The minimum absolute atomic E-state index is 0.437. The molecule has 0 spiro atoms. The van der Waals surface area contributed by atoms with Crippen molar-refractivity contribution in [1.29, 1.82) is 0 Å². The molecule has 0 aliphatic carbocycles. The third-order valence-electron chi connectivity index (χ3n) is 3.45. The van der Waals surface area contributed by atoms with E-state index in [1.54, 1.807) is 7.05 Å². The molecule has 24 heavy (non-hydrogen) atoms. The number of anilines is 1. The van der Waals surface area contributed by atoms with E-state index < -0.39 is 11.7 Å². The number of nitrogens with one attached hydrogen (secondary N) is 2. The lowest BCUT2D eigenvalue weighted by molar-refractivity contribution is -0.137. The van der Waals surface area contributed by atoms with Crippen molar-refractivity contribution in [1.82, 2.24) is 15.2 Å². The number of alkyl halides is 3. The van der Waals surface area contributed by atoms with E-state index in [2.05, 4.69) is 32.4 Å². The van der Waals surface area contributed by atoms with Crippen molar-refractivity contribution in [2.45, 2.75) is 32.4 Å². The van der Waals surface area contributed by atoms with E-state index in [1.165, 1.54) is 6.07 Å². The third kappa shape index (κ3) is 7.06. The molecule has 0 aliphatic rings. The van der Waals surface area contributed by atoms with Crippen molar-refractivity contribution in [2.24, 2.45) is 4.99 Å². The van der Waals surface area contributed by atoms with E-state index in [1.807, 2.05) is 7.05 Å². The SMILES string of the molecule is CCCCN(C)C(=NC)NCCCNc1ccc(C(F)(F)F)cn1. The molecule has 0 radical (unpaired) electrons. The van der Waals surface area contributed by atoms with Crippen LogP contribution in [0.2, 0.25) is 0 Å². The molecule has 2 N–H and O–H groups in total. The lowest BCUT2D eigenvalue weighted by Gasteiger charge is -2.21. The van der Waals surface area contributed by atoms with Crippen molar-refractivity contribution in [3.05, 3.63) is 23.9 Å². The number of aromatic nitrogens is 1. The molecule has 0 saturated carbocycles. The Balaban J connectivity index is 2.28. The number of pyridine rings is 1. The van der Waals surface area contributed by atoms with Gasteiger partial charge in [-0.1, -0.05) is 13.3 Å². The summed E-state index contributed by atoms with van der Waals surface area (Å²) in [5, 5.41) is 6.27. The fourth-order valence-electron chi connectivity index (χ4n) is 2.06. The number of hydrogen-bond acceptors (Lipinski definition) is 3. The van der Waals surface area contributed by atoms with Crippen molar-refractivity contribution in [2.75, 3.05) is 39.0 Å². The monoisotopic (exact) mass is 345 g/mol. The van der Waals surface area contributed by atoms with E-state index >= 15 is 0 Å². The Kier molecular flexibility index (Phi) is 8.35. The molecule has 1 aromatic heterocycles. The van der Waals surface area contributed by atoms with Crippen LogP contribution < -0.4 is 10.6 Å². The second-order valence-electron chi connectivity index (χ2n) is 5.46. The standard InChI is InChI=1S/C16H26F3N5/c1-4-5-11-24(3)15(20-2)22-10-6-9-21-14-8-7-13(12-23-14)16(17,18)19/h7-8,12H,4-6,9-11H2,1-3H3,(H,20,22)(H,21,23). The number of aliphatic imine (C=N–C) groups is 1. The molecule has 0 atom stereocenters. The first-order valence-corrected chi connectivity index (χ1v) is 8.07. The van der Waals surface area contributed by atoms with Gasteiger partial charge < -0.3 is 15.5 Å². The van der Waals surface area contributed by atoms with Crippen LogP contribution >= 0.6 is 0 Å². The molecule has 0 saturated heterocycles. The van der Waals surface area contributed by atoms with Gasteiger partial charge in [-0.05, 0) is 25.0 Å². The van der Waals surface area contributed by atoms with E-state index in [0.717, 1.165) is 50.6 Å². The predicted octanol–water partition coefficient (Wildman–Crippen LogP) is 3.21. The molecule has 0 amide bonds. The van der Waals surface area contributed by atoms with Crippen LogP contribution in [0.4, 0.5) is 19.0 Å². The fraction of sp³-hybridized carbons (Fsp3) is 0.625. The lowest BCUT2D eigenvalue weighted by Crippen LogP contribution is -2.40. The van der Waals surface area contributed by atoms with Gasteiger partial charge in [0.25, 0.3) is 0 Å². The van der Waals surface area contributed by atoms with Crippen LogP contribution in [0.25, 0.3) is 0 Å². The highest BCUT2D eigenvalue weighted by Crippen LogP contribution is 2.28. The quantitative estimate of drug-likeness (QED) is 0.432. The summed E-state index contributed by atoms with van der Waals surface area (Å²) < 4.78 is 37.3. The van der Waals surface area contributed by atoms with Crippen molar-refractivity contribution < 1.29 is 13.2 Å². The molecule has 0 bridgehead atoms. The maximum atomic E-state index is 12.4. The van der Waals surface area contributed by atoms with E-state index in [9.17, 15) is 13.2 Å². The van der Waals surface area contributed by atoms with Crippen molar-refractivity contribution in [3.63, 3.8) is 0 Å². The summed E-state index contributed by atoms with van der Waals surface area (Å²) in [7, 11) is 3.74. The highest BCUT2D eigenvalue weighted by atomic mass is 19.4. The topological polar surface area (TPSA) is 52.5 Å². The normalized spacial score (nSPS) is 12.2. The summed E-state index contributed by atoms with van der Waals surface area (Å²) in [6.45, 7) is 4.42. The van der Waals surface area contributed by atoms with Crippen LogP contribution in [0.3, 0.4) is 0 Å². The summed E-state index contributed by atoms with van der Waals surface area (Å²) in [6, 6.07) is 2.37. The van der Waals surface area contributed by atoms with Gasteiger partial charge in [0.1, 0.15) is 5.82 Å². The Hall–Kier alpha value is -1.99. The minimum atomic E-state index is -4.35. The fourth-order valence-corrected chi connectivity index (χ4v) is 2.06. The van der Waals surface area contributed by atoms with Crippen molar-refractivity contribution in [3.8, 4) is 0 Å². The summed E-state index contributed by atoms with van der Waals surface area (Å²) in [6.07, 6.45) is -0.479. The van der Waals surface area contributed by atoms with Crippen LogP contribution in [0, 0.1) is 0 Å². The largest absolute Gasteiger partial charge is 0.417 e. The number of rotatable bonds is 8. The van der Waals surface area contributed by atoms with Crippen LogP contribution in [0.15, 0.2) is 23.3 Å². The Morgan fingerprint density at radius 3 is 2.54 bits per heavy atom. The van der Waals surface area contributed by atoms with Crippen LogP contribution in [-0.4, -0.2) is 49.6 Å². The van der Waals surface area contributed by atoms with Crippen LogP contribution in [-0.2, 0) is 6.18 Å². The second kappa shape index (κ2) is 10.00. The first-order valence-electron chi connectivity index (χ1n) is 8.07. The predicted molar refractivity (Wildman–Crippen MR) is 91.2 cm³/mol. The molecule has 0 fully saturated rings. The number of halogens is 3. The first kappa shape index (κ1) is 20.1. The van der Waals surface area contributed by atoms with E-state index in [-0.39, 0.29) is 0 Å². The maximum Gasteiger partial charge on any atom is 0.417 e. The molecule has 136 valence electrons. The van der Waals surface area contributed by atoms with E-state index in [0.29, 0.717) is 12.4 Å². The van der Waals surface area contributed by atoms with Gasteiger partial charge in [-0.3, -0.25) is 4.99 Å². The second-order valence-corrected chi connectivity index (χ2v) is 5.46. The van der Waals surface area contributed by atoms with Gasteiger partial charge in [0.2, 0.25) is 0 Å². The van der Waals surface area contributed by atoms with Crippen LogP contribution in [0.1, 0.15) is 31.7 Å². The summed E-state index contributed by atoms with van der Waals surface area (Å²) in [5.74, 6) is 1.28. The first-order chi connectivity index (χ1) is 11.4. The van der Waals surface area contributed by atoms with Gasteiger partial charge in [-0.25, -0.2) is 4.98 Å². The van der Waals surface area contributed by atoms with E-state index in [4.69, 9.17) is 0 Å². The third-order valence-corrected chi connectivity index (χ3v) is 3.45. The highest BCUT2D eigenvalue weighted by molar-refractivity contribution is 5.79. The molecule has 5 nitrogen and oxygen atoms in total. The van der Waals surface area contributed by atoms with Crippen LogP contribution in [0.5, 0.6) is 0 Å². The average molecular weight is 345 g/mol. The Morgan fingerprint density at radius 2 is 2.00 bits per heavy atom. The average Bonchev–Trinajstić information content (AvgIpc) is 2.55. The zero-order valence-corrected chi connectivity index (χ0v) is 14.5. The maximum absolute atomic E-state index is 12.4. The Bertz CT molecular complexity index is 499. The van der Waals surface area contributed by atoms with Gasteiger partial charge in [-0.15, -0.1) is 0 Å². The Morgan fingerprint density at radius 1 is 1.25 bits per heavy atom. The zero-order valence-electron chi connectivity index (χ0n) is 14.5. The molecule has 1 aromatic rings. The van der Waals surface area contributed by atoms with Crippen molar-refractivity contribution >= 4 is 11.8 Å². The van der Waals surface area contributed by atoms with Gasteiger partial charge >= 0.3 is 6.18 Å². The zero-order chi connectivity index (χ0) is 18.0. The number of unbranched alkanes of at least 4 members (excludes halogenated alkanes) is 1. The van der Waals surface area contributed by atoms with Gasteiger partial charge in [-0.2, -0.15) is 13.2 Å². The van der Waals surface area contributed by atoms with Gasteiger partial charge in [0, 0.05) is 39.9 Å². The number of nitrogens with zero attached hydrogens (tertiary/aromatic N) is 3. The van der Waals surface area contributed by atoms with Gasteiger partial charge in [0.15, 0.2) is 5.96 Å². The summed E-state index contributed by atoms with van der Waals surface area (Å²) in [4.78, 5) is 10.1. The highest BCUT2D eigenvalue weighted by Gasteiger charge is 2.30. The van der Waals surface area contributed by atoms with Gasteiger partial charge in [0.05, 0.1) is 5.56 Å². The lowest BCUT2D eigenvalue weighted by atomic mass is 10.3. The summed E-state index contributed by atoms with van der Waals surface area (Å²) >= 11 is 0. The molecule has 0 aliphatic heterocycles. The molecule has 8 heteroatoms. The molecule has 0 aromatic carbocycles. The number of guanidine groups is 1. The molecule has 0 unspecified atom stereocenters.